The van der Waals surface area contributed by atoms with Crippen LogP contribution in [-0.4, -0.2) is 17.3 Å². The summed E-state index contributed by atoms with van der Waals surface area (Å²) in [6.07, 6.45) is 1.10. The van der Waals surface area contributed by atoms with Gasteiger partial charge in [-0.3, -0.25) is 0 Å². The highest BCUT2D eigenvalue weighted by molar-refractivity contribution is 5.58. The van der Waals surface area contributed by atoms with Crippen LogP contribution in [0.1, 0.15) is 29.5 Å². The Morgan fingerprint density at radius 3 is 2.25 bits per heavy atom. The summed E-state index contributed by atoms with van der Waals surface area (Å²) in [5, 5.41) is 20.0. The first-order valence-electron chi connectivity index (χ1n) is 5.21. The van der Waals surface area contributed by atoms with Crippen LogP contribution in [0.2, 0.25) is 0 Å². The van der Waals surface area contributed by atoms with Crippen LogP contribution in [0.3, 0.4) is 0 Å². The van der Waals surface area contributed by atoms with Crippen LogP contribution in [0.25, 0.3) is 0 Å². The van der Waals surface area contributed by atoms with Gasteiger partial charge in [-0.1, -0.05) is 0 Å². The number of rotatable bonds is 2. The number of methoxy groups -OCH3 is 1. The molecule has 0 unspecified atom stereocenters. The Morgan fingerprint density at radius 2 is 1.81 bits per heavy atom. The van der Waals surface area contributed by atoms with E-state index in [9.17, 15) is 14.6 Å². The molecule has 88 valence electrons. The predicted molar refractivity (Wildman–Crippen MR) is 57.2 cm³/mol. The third-order valence-electron chi connectivity index (χ3n) is 3.22. The molecule has 2 N–H and O–H groups in total. The molecule has 1 aliphatic rings. The lowest BCUT2D eigenvalue weighted by molar-refractivity contribution is 0.145. The molecule has 0 bridgehead atoms. The fourth-order valence-corrected chi connectivity index (χ4v) is 2.15. The highest BCUT2D eigenvalue weighted by atomic mass is 19.1. The highest BCUT2D eigenvalue weighted by Crippen LogP contribution is 2.53. The van der Waals surface area contributed by atoms with Crippen molar-refractivity contribution in [3.05, 3.63) is 22.5 Å². The van der Waals surface area contributed by atoms with Crippen molar-refractivity contribution in [2.45, 2.75) is 32.3 Å². The van der Waals surface area contributed by atoms with E-state index in [4.69, 9.17) is 4.74 Å². The summed E-state index contributed by atoms with van der Waals surface area (Å²) in [5.41, 5.74) is -0.232. The largest absolute Gasteiger partial charge is 0.504 e. The summed E-state index contributed by atoms with van der Waals surface area (Å²) in [5.74, 6) is -0.456. The van der Waals surface area contributed by atoms with E-state index >= 15 is 0 Å². The smallest absolute Gasteiger partial charge is 0.166 e. The first-order valence-corrected chi connectivity index (χ1v) is 5.21. The number of hydrogen-bond acceptors (Lipinski definition) is 3. The number of phenols is 1. The minimum Gasteiger partial charge on any atom is -0.504 e. The van der Waals surface area contributed by atoms with Gasteiger partial charge in [0.25, 0.3) is 0 Å². The van der Waals surface area contributed by atoms with Gasteiger partial charge in [0.1, 0.15) is 5.82 Å². The third kappa shape index (κ3) is 1.37. The second kappa shape index (κ2) is 3.35. The van der Waals surface area contributed by atoms with E-state index in [1.165, 1.54) is 7.11 Å². The summed E-state index contributed by atoms with van der Waals surface area (Å²) < 4.78 is 18.8. The predicted octanol–water partition coefficient (Wildman–Crippen LogP) is 2.14. The first-order chi connectivity index (χ1) is 7.42. The molecule has 2 rings (SSSR count). The van der Waals surface area contributed by atoms with Crippen LogP contribution in [0, 0.1) is 19.7 Å². The van der Waals surface area contributed by atoms with Crippen LogP contribution >= 0.6 is 0 Å². The van der Waals surface area contributed by atoms with E-state index in [0.29, 0.717) is 18.4 Å². The monoisotopic (exact) mass is 226 g/mol. The molecule has 1 aromatic carbocycles. The maximum Gasteiger partial charge on any atom is 0.166 e. The lowest BCUT2D eigenvalue weighted by atomic mass is 9.96. The van der Waals surface area contributed by atoms with Crippen LogP contribution in [-0.2, 0) is 5.60 Å². The van der Waals surface area contributed by atoms with Gasteiger partial charge in [-0.2, -0.15) is 0 Å². The van der Waals surface area contributed by atoms with Gasteiger partial charge in [0, 0.05) is 11.1 Å². The molecule has 0 radical (unpaired) electrons. The molecule has 0 aliphatic heterocycles. The summed E-state index contributed by atoms with van der Waals surface area (Å²) >= 11 is 0. The Morgan fingerprint density at radius 1 is 1.25 bits per heavy atom. The molecule has 0 saturated heterocycles. The van der Waals surface area contributed by atoms with Crippen LogP contribution in [0.4, 0.5) is 4.39 Å². The molecule has 0 aromatic heterocycles. The van der Waals surface area contributed by atoms with E-state index in [1.54, 1.807) is 13.8 Å². The molecule has 1 aromatic rings. The molecule has 16 heavy (non-hydrogen) atoms. The van der Waals surface area contributed by atoms with Gasteiger partial charge >= 0.3 is 0 Å². The van der Waals surface area contributed by atoms with E-state index in [2.05, 4.69) is 0 Å². The molecule has 0 atom stereocenters. The Kier molecular flexibility index (Phi) is 2.35. The average molecular weight is 226 g/mol. The molecule has 3 nitrogen and oxygen atoms in total. The van der Waals surface area contributed by atoms with Gasteiger partial charge in [0.05, 0.1) is 12.7 Å². The molecule has 1 aliphatic carbocycles. The average Bonchev–Trinajstić information content (AvgIpc) is 2.95. The number of hydrogen-bond donors (Lipinski definition) is 2. The van der Waals surface area contributed by atoms with E-state index < -0.39 is 11.4 Å². The van der Waals surface area contributed by atoms with Crippen molar-refractivity contribution in [3.8, 4) is 11.5 Å². The van der Waals surface area contributed by atoms with Crippen molar-refractivity contribution >= 4 is 0 Å². The van der Waals surface area contributed by atoms with Crippen molar-refractivity contribution in [3.63, 3.8) is 0 Å². The van der Waals surface area contributed by atoms with Crippen LogP contribution in [0.15, 0.2) is 0 Å². The minimum atomic E-state index is -1.07. The van der Waals surface area contributed by atoms with Crippen molar-refractivity contribution < 1.29 is 19.3 Å². The van der Waals surface area contributed by atoms with Crippen molar-refractivity contribution in [2.75, 3.05) is 7.11 Å². The number of halogens is 1. The van der Waals surface area contributed by atoms with Crippen LogP contribution in [0.5, 0.6) is 11.5 Å². The maximum absolute atomic E-state index is 13.9. The normalized spacial score (nSPS) is 17.3. The van der Waals surface area contributed by atoms with Crippen molar-refractivity contribution in [1.82, 2.24) is 0 Å². The highest BCUT2D eigenvalue weighted by Gasteiger charge is 2.46. The van der Waals surface area contributed by atoms with E-state index in [0.717, 1.165) is 0 Å². The fraction of sp³-hybridized carbons (Fsp3) is 0.500. The zero-order chi connectivity index (χ0) is 12.1. The Bertz CT molecular complexity index is 450. The standard InChI is InChI=1S/C12H15FO3/c1-6-8(12(15)4-5-12)10(14)11(16-3)7(2)9(6)13/h14-15H,4-5H2,1-3H3. The zero-order valence-corrected chi connectivity index (χ0v) is 9.59. The van der Waals surface area contributed by atoms with Crippen LogP contribution < -0.4 is 4.74 Å². The lowest BCUT2D eigenvalue weighted by Gasteiger charge is -2.19. The molecule has 0 spiro atoms. The van der Waals surface area contributed by atoms with Gasteiger partial charge in [0.2, 0.25) is 0 Å². The number of aliphatic hydroxyl groups is 1. The Hall–Kier alpha value is -1.29. The number of aromatic hydroxyl groups is 1. The zero-order valence-electron chi connectivity index (χ0n) is 9.59. The summed E-state index contributed by atoms with van der Waals surface area (Å²) in [6, 6.07) is 0. The molecular weight excluding hydrogens is 211 g/mol. The maximum atomic E-state index is 13.9. The van der Waals surface area contributed by atoms with Crippen molar-refractivity contribution in [2.24, 2.45) is 0 Å². The molecule has 4 heteroatoms. The first kappa shape index (κ1) is 11.2. The SMILES string of the molecule is COc1c(C)c(F)c(C)c(C2(O)CC2)c1O. The number of ether oxygens (including phenoxy) is 1. The van der Waals surface area contributed by atoms with E-state index in [-0.39, 0.29) is 22.6 Å². The lowest BCUT2D eigenvalue weighted by Crippen LogP contribution is -2.11. The summed E-state index contributed by atoms with van der Waals surface area (Å²) in [6.45, 7) is 3.11. The molecule has 0 heterocycles. The topological polar surface area (TPSA) is 49.7 Å². The molecule has 0 amide bonds. The number of benzene rings is 1. The van der Waals surface area contributed by atoms with Gasteiger partial charge in [-0.05, 0) is 32.3 Å². The number of phenolic OH excluding ortho intramolecular Hbond substituents is 1. The molecular formula is C12H15FO3. The summed E-state index contributed by atoms with van der Waals surface area (Å²) in [7, 11) is 1.37. The second-order valence-corrected chi connectivity index (χ2v) is 4.35. The quantitative estimate of drug-likeness (QED) is 0.812. The molecule has 1 fully saturated rings. The van der Waals surface area contributed by atoms with Gasteiger partial charge < -0.3 is 14.9 Å². The second-order valence-electron chi connectivity index (χ2n) is 4.35. The van der Waals surface area contributed by atoms with Gasteiger partial charge in [-0.15, -0.1) is 0 Å². The third-order valence-corrected chi connectivity index (χ3v) is 3.22. The van der Waals surface area contributed by atoms with Crippen molar-refractivity contribution in [1.29, 1.82) is 0 Å². The Balaban J connectivity index is 2.74. The fourth-order valence-electron chi connectivity index (χ4n) is 2.15. The summed E-state index contributed by atoms with van der Waals surface area (Å²) in [4.78, 5) is 0. The molecule has 1 saturated carbocycles. The Labute approximate surface area is 93.5 Å². The van der Waals surface area contributed by atoms with Gasteiger partial charge in [-0.25, -0.2) is 4.39 Å². The van der Waals surface area contributed by atoms with Gasteiger partial charge in [0.15, 0.2) is 11.5 Å². The minimum absolute atomic E-state index is 0.110. The van der Waals surface area contributed by atoms with E-state index in [1.807, 2.05) is 0 Å².